The lowest BCUT2D eigenvalue weighted by Gasteiger charge is -2.14. The zero-order valence-electron chi connectivity index (χ0n) is 8.55. The number of hydrogen-bond donors (Lipinski definition) is 1. The summed E-state index contributed by atoms with van der Waals surface area (Å²) in [5.41, 5.74) is 0. The number of unbranched alkanes of at least 4 members (excludes halogenated alkanes) is 2. The first kappa shape index (κ1) is 11.9. The van der Waals surface area contributed by atoms with Crippen LogP contribution in [0.15, 0.2) is 0 Å². The molecule has 0 saturated heterocycles. The molecule has 12 heavy (non-hydrogen) atoms. The SMILES string of the molecule is CCCCCC(O)CC(C)OC. The van der Waals surface area contributed by atoms with E-state index in [4.69, 9.17) is 4.74 Å². The number of aliphatic hydroxyl groups excluding tert-OH is 1. The van der Waals surface area contributed by atoms with Gasteiger partial charge in [-0.2, -0.15) is 0 Å². The van der Waals surface area contributed by atoms with Crippen molar-refractivity contribution in [3.8, 4) is 0 Å². The Hall–Kier alpha value is -0.0800. The normalized spacial score (nSPS) is 16.0. The Morgan fingerprint density at radius 1 is 1.33 bits per heavy atom. The van der Waals surface area contributed by atoms with E-state index in [0.29, 0.717) is 0 Å². The van der Waals surface area contributed by atoms with Gasteiger partial charge in [0.1, 0.15) is 0 Å². The Labute approximate surface area is 75.9 Å². The Balaban J connectivity index is 3.26. The first-order valence-corrected chi connectivity index (χ1v) is 4.91. The van der Waals surface area contributed by atoms with Crippen LogP contribution < -0.4 is 0 Å². The van der Waals surface area contributed by atoms with E-state index in [1.165, 1.54) is 12.8 Å². The molecule has 0 heterocycles. The Bertz CT molecular complexity index is 93.8. The molecule has 2 atom stereocenters. The number of aliphatic hydroxyl groups is 1. The lowest BCUT2D eigenvalue weighted by Crippen LogP contribution is -2.16. The predicted octanol–water partition coefficient (Wildman–Crippen LogP) is 2.35. The largest absolute Gasteiger partial charge is 0.393 e. The predicted molar refractivity (Wildman–Crippen MR) is 51.2 cm³/mol. The Kier molecular flexibility index (Phi) is 7.51. The van der Waals surface area contributed by atoms with Gasteiger partial charge in [-0.3, -0.25) is 0 Å². The van der Waals surface area contributed by atoms with Gasteiger partial charge in [0.05, 0.1) is 12.2 Å². The van der Waals surface area contributed by atoms with Crippen LogP contribution in [0.4, 0.5) is 0 Å². The first-order valence-electron chi connectivity index (χ1n) is 4.91. The van der Waals surface area contributed by atoms with E-state index >= 15 is 0 Å². The molecular formula is C10H22O2. The summed E-state index contributed by atoms with van der Waals surface area (Å²) in [7, 11) is 1.68. The first-order chi connectivity index (χ1) is 5.70. The molecule has 74 valence electrons. The lowest BCUT2D eigenvalue weighted by molar-refractivity contribution is 0.0519. The molecule has 0 aromatic rings. The van der Waals surface area contributed by atoms with Crippen molar-refractivity contribution in [1.82, 2.24) is 0 Å². The van der Waals surface area contributed by atoms with Crippen molar-refractivity contribution >= 4 is 0 Å². The van der Waals surface area contributed by atoms with Crippen LogP contribution in [0, 0.1) is 0 Å². The summed E-state index contributed by atoms with van der Waals surface area (Å²) in [4.78, 5) is 0. The summed E-state index contributed by atoms with van der Waals surface area (Å²) in [6, 6.07) is 0. The van der Waals surface area contributed by atoms with Crippen LogP contribution in [-0.4, -0.2) is 24.4 Å². The Morgan fingerprint density at radius 3 is 2.50 bits per heavy atom. The van der Waals surface area contributed by atoms with E-state index in [0.717, 1.165) is 19.3 Å². The van der Waals surface area contributed by atoms with E-state index in [1.54, 1.807) is 7.11 Å². The van der Waals surface area contributed by atoms with Gasteiger partial charge in [-0.05, 0) is 19.8 Å². The van der Waals surface area contributed by atoms with Gasteiger partial charge in [-0.25, -0.2) is 0 Å². The summed E-state index contributed by atoms with van der Waals surface area (Å²) in [6.07, 6.45) is 5.26. The minimum absolute atomic E-state index is 0.175. The molecule has 0 aromatic carbocycles. The van der Waals surface area contributed by atoms with Crippen LogP contribution in [0.25, 0.3) is 0 Å². The fourth-order valence-corrected chi connectivity index (χ4v) is 1.23. The van der Waals surface area contributed by atoms with Crippen molar-refractivity contribution in [2.24, 2.45) is 0 Å². The van der Waals surface area contributed by atoms with Crippen molar-refractivity contribution in [3.05, 3.63) is 0 Å². The molecular weight excluding hydrogens is 152 g/mol. The van der Waals surface area contributed by atoms with Crippen molar-refractivity contribution in [3.63, 3.8) is 0 Å². The minimum atomic E-state index is -0.175. The molecule has 0 radical (unpaired) electrons. The van der Waals surface area contributed by atoms with Gasteiger partial charge in [0, 0.05) is 7.11 Å². The molecule has 0 bridgehead atoms. The van der Waals surface area contributed by atoms with Gasteiger partial charge in [0.15, 0.2) is 0 Å². The maximum Gasteiger partial charge on any atom is 0.0567 e. The average Bonchev–Trinajstić information content (AvgIpc) is 2.05. The third-order valence-electron chi connectivity index (χ3n) is 2.15. The second-order valence-electron chi connectivity index (χ2n) is 3.43. The molecule has 0 fully saturated rings. The number of hydrogen-bond acceptors (Lipinski definition) is 2. The van der Waals surface area contributed by atoms with E-state index in [2.05, 4.69) is 6.92 Å². The van der Waals surface area contributed by atoms with E-state index in [1.807, 2.05) is 6.92 Å². The molecule has 0 aliphatic heterocycles. The number of methoxy groups -OCH3 is 1. The molecule has 2 heteroatoms. The summed E-state index contributed by atoms with van der Waals surface area (Å²) in [5.74, 6) is 0. The molecule has 1 N–H and O–H groups in total. The highest BCUT2D eigenvalue weighted by Gasteiger charge is 2.08. The van der Waals surface area contributed by atoms with Gasteiger partial charge in [-0.1, -0.05) is 26.2 Å². The highest BCUT2D eigenvalue weighted by Crippen LogP contribution is 2.09. The zero-order valence-corrected chi connectivity index (χ0v) is 8.55. The van der Waals surface area contributed by atoms with Crippen LogP contribution in [0.1, 0.15) is 46.0 Å². The van der Waals surface area contributed by atoms with Gasteiger partial charge < -0.3 is 9.84 Å². The molecule has 2 nitrogen and oxygen atoms in total. The molecule has 0 aliphatic rings. The molecule has 0 rings (SSSR count). The second-order valence-corrected chi connectivity index (χ2v) is 3.43. The van der Waals surface area contributed by atoms with E-state index in [9.17, 15) is 5.11 Å². The maximum absolute atomic E-state index is 9.50. The third-order valence-corrected chi connectivity index (χ3v) is 2.15. The smallest absolute Gasteiger partial charge is 0.0567 e. The molecule has 0 amide bonds. The highest BCUT2D eigenvalue weighted by atomic mass is 16.5. The van der Waals surface area contributed by atoms with Crippen LogP contribution in [-0.2, 0) is 4.74 Å². The molecule has 2 unspecified atom stereocenters. The fraction of sp³-hybridized carbons (Fsp3) is 1.00. The van der Waals surface area contributed by atoms with Crippen molar-refractivity contribution in [1.29, 1.82) is 0 Å². The maximum atomic E-state index is 9.50. The topological polar surface area (TPSA) is 29.5 Å². The van der Waals surface area contributed by atoms with Crippen molar-refractivity contribution in [2.75, 3.05) is 7.11 Å². The zero-order chi connectivity index (χ0) is 9.40. The van der Waals surface area contributed by atoms with Gasteiger partial charge in [0.25, 0.3) is 0 Å². The number of ether oxygens (including phenoxy) is 1. The molecule has 0 spiro atoms. The van der Waals surface area contributed by atoms with Crippen LogP contribution in [0.2, 0.25) is 0 Å². The fourth-order valence-electron chi connectivity index (χ4n) is 1.23. The quantitative estimate of drug-likeness (QED) is 0.600. The standard InChI is InChI=1S/C10H22O2/c1-4-5-6-7-10(11)8-9(2)12-3/h9-11H,4-8H2,1-3H3. The van der Waals surface area contributed by atoms with Gasteiger partial charge in [0.2, 0.25) is 0 Å². The number of rotatable bonds is 7. The molecule has 0 aromatic heterocycles. The lowest BCUT2D eigenvalue weighted by atomic mass is 10.1. The van der Waals surface area contributed by atoms with Crippen LogP contribution >= 0.6 is 0 Å². The van der Waals surface area contributed by atoms with E-state index in [-0.39, 0.29) is 12.2 Å². The summed E-state index contributed by atoms with van der Waals surface area (Å²) >= 11 is 0. The van der Waals surface area contributed by atoms with Crippen LogP contribution in [0.3, 0.4) is 0 Å². The van der Waals surface area contributed by atoms with Gasteiger partial charge >= 0.3 is 0 Å². The van der Waals surface area contributed by atoms with Gasteiger partial charge in [-0.15, -0.1) is 0 Å². The third kappa shape index (κ3) is 6.62. The highest BCUT2D eigenvalue weighted by molar-refractivity contribution is 4.60. The van der Waals surface area contributed by atoms with Crippen molar-refractivity contribution < 1.29 is 9.84 Å². The van der Waals surface area contributed by atoms with Crippen molar-refractivity contribution in [2.45, 2.75) is 58.2 Å². The summed E-state index contributed by atoms with van der Waals surface area (Å²) < 4.78 is 5.07. The molecule has 0 aliphatic carbocycles. The summed E-state index contributed by atoms with van der Waals surface area (Å²) in [6.45, 7) is 4.16. The second kappa shape index (κ2) is 7.56. The summed E-state index contributed by atoms with van der Waals surface area (Å²) in [5, 5.41) is 9.50. The molecule has 0 saturated carbocycles. The van der Waals surface area contributed by atoms with E-state index < -0.39 is 0 Å². The minimum Gasteiger partial charge on any atom is -0.393 e. The average molecular weight is 174 g/mol. The van der Waals surface area contributed by atoms with Crippen LogP contribution in [0.5, 0.6) is 0 Å². The Morgan fingerprint density at radius 2 is 2.00 bits per heavy atom. The monoisotopic (exact) mass is 174 g/mol.